The summed E-state index contributed by atoms with van der Waals surface area (Å²) in [6, 6.07) is 12.6. The molecule has 2 aliphatic heterocycles. The van der Waals surface area contributed by atoms with Crippen molar-refractivity contribution in [3.05, 3.63) is 59.4 Å². The molecule has 1 spiro atoms. The van der Waals surface area contributed by atoms with E-state index in [9.17, 15) is 4.79 Å². The Morgan fingerprint density at radius 1 is 1.15 bits per heavy atom. The molecule has 0 saturated carbocycles. The topological polar surface area (TPSA) is 57.3 Å². The van der Waals surface area contributed by atoms with Crippen molar-refractivity contribution in [2.75, 3.05) is 18.4 Å². The number of rotatable bonds is 2. The molecule has 5 nitrogen and oxygen atoms in total. The van der Waals surface area contributed by atoms with E-state index in [2.05, 4.69) is 50.8 Å². The molecule has 4 rings (SSSR count). The maximum absolute atomic E-state index is 12.5. The normalized spacial score (nSPS) is 23.5. The zero-order valence-electron chi connectivity index (χ0n) is 16.0. The lowest BCUT2D eigenvalue weighted by Gasteiger charge is -2.37. The Morgan fingerprint density at radius 3 is 2.89 bits per heavy atom. The number of hydrogen-bond donors (Lipinski definition) is 2. The first kappa shape index (κ1) is 18.0. The SMILES string of the molecule is Cc1ccc(CN2CCC[C@@]3(CC2)CC(=O)NCc2ccccc2N3)cn1. The lowest BCUT2D eigenvalue weighted by atomic mass is 9.85. The number of aryl methyl sites for hydroxylation is 1. The molecular formula is C22H28N4O. The van der Waals surface area contributed by atoms with Gasteiger partial charge in [-0.05, 0) is 56.0 Å². The highest BCUT2D eigenvalue weighted by Crippen LogP contribution is 2.33. The number of fused-ring (bicyclic) bond motifs is 1. The maximum atomic E-state index is 12.5. The number of hydrogen-bond acceptors (Lipinski definition) is 4. The summed E-state index contributed by atoms with van der Waals surface area (Å²) in [5.41, 5.74) is 4.47. The molecule has 1 aromatic heterocycles. The molecule has 0 unspecified atom stereocenters. The molecule has 0 bridgehead atoms. The van der Waals surface area contributed by atoms with E-state index < -0.39 is 0 Å². The average molecular weight is 364 g/mol. The minimum Gasteiger partial charge on any atom is -0.379 e. The van der Waals surface area contributed by atoms with E-state index in [1.54, 1.807) is 0 Å². The molecule has 0 aliphatic carbocycles. The van der Waals surface area contributed by atoms with E-state index >= 15 is 0 Å². The zero-order valence-corrected chi connectivity index (χ0v) is 16.0. The Hall–Kier alpha value is -2.40. The predicted molar refractivity (Wildman–Crippen MR) is 107 cm³/mol. The Kier molecular flexibility index (Phi) is 5.12. The van der Waals surface area contributed by atoms with Gasteiger partial charge in [-0.3, -0.25) is 14.7 Å². The average Bonchev–Trinajstić information content (AvgIpc) is 2.84. The van der Waals surface area contributed by atoms with Crippen LogP contribution in [-0.4, -0.2) is 34.4 Å². The number of aromatic nitrogens is 1. The molecule has 2 N–H and O–H groups in total. The first-order valence-corrected chi connectivity index (χ1v) is 9.89. The first-order valence-electron chi connectivity index (χ1n) is 9.89. The summed E-state index contributed by atoms with van der Waals surface area (Å²) in [6.45, 7) is 5.58. The quantitative estimate of drug-likeness (QED) is 0.859. The molecule has 5 heteroatoms. The predicted octanol–water partition coefficient (Wildman–Crippen LogP) is 3.25. The van der Waals surface area contributed by atoms with Crippen molar-refractivity contribution < 1.29 is 4.79 Å². The zero-order chi connectivity index (χ0) is 18.7. The van der Waals surface area contributed by atoms with Crippen LogP contribution < -0.4 is 10.6 Å². The minimum absolute atomic E-state index is 0.146. The van der Waals surface area contributed by atoms with Gasteiger partial charge >= 0.3 is 0 Å². The maximum Gasteiger partial charge on any atom is 0.222 e. The molecule has 2 aromatic rings. The first-order chi connectivity index (χ1) is 13.1. The second-order valence-corrected chi connectivity index (χ2v) is 7.95. The Balaban J connectivity index is 1.50. The van der Waals surface area contributed by atoms with Gasteiger partial charge in [0, 0.05) is 49.2 Å². The van der Waals surface area contributed by atoms with Crippen molar-refractivity contribution in [2.24, 2.45) is 0 Å². The Bertz CT molecular complexity index is 804. The van der Waals surface area contributed by atoms with E-state index in [4.69, 9.17) is 0 Å². The number of anilines is 1. The summed E-state index contributed by atoms with van der Waals surface area (Å²) < 4.78 is 0. The number of benzene rings is 1. The number of nitrogens with zero attached hydrogens (tertiary/aromatic N) is 2. The van der Waals surface area contributed by atoms with Crippen molar-refractivity contribution in [1.29, 1.82) is 0 Å². The molecule has 3 heterocycles. The van der Waals surface area contributed by atoms with Crippen molar-refractivity contribution >= 4 is 11.6 Å². The minimum atomic E-state index is -0.166. The number of amides is 1. The van der Waals surface area contributed by atoms with Gasteiger partial charge in [0.2, 0.25) is 5.91 Å². The van der Waals surface area contributed by atoms with Crippen LogP contribution in [0, 0.1) is 6.92 Å². The number of carbonyl (C=O) groups excluding carboxylic acids is 1. The third-order valence-electron chi connectivity index (χ3n) is 5.81. The van der Waals surface area contributed by atoms with Gasteiger partial charge in [0.1, 0.15) is 0 Å². The van der Waals surface area contributed by atoms with Crippen molar-refractivity contribution in [3.8, 4) is 0 Å². The van der Waals surface area contributed by atoms with Crippen LogP contribution in [0.25, 0.3) is 0 Å². The van der Waals surface area contributed by atoms with E-state index in [-0.39, 0.29) is 11.4 Å². The summed E-state index contributed by atoms with van der Waals surface area (Å²) in [5.74, 6) is 0.146. The van der Waals surface area contributed by atoms with Crippen LogP contribution >= 0.6 is 0 Å². The van der Waals surface area contributed by atoms with Gasteiger partial charge in [0.15, 0.2) is 0 Å². The van der Waals surface area contributed by atoms with Crippen LogP contribution in [-0.2, 0) is 17.9 Å². The van der Waals surface area contributed by atoms with Crippen LogP contribution in [0.1, 0.15) is 42.5 Å². The molecule has 1 aromatic carbocycles. The van der Waals surface area contributed by atoms with E-state index in [1.165, 1.54) is 5.56 Å². The van der Waals surface area contributed by atoms with E-state index in [0.29, 0.717) is 13.0 Å². The highest BCUT2D eigenvalue weighted by molar-refractivity contribution is 5.79. The highest BCUT2D eigenvalue weighted by atomic mass is 16.1. The van der Waals surface area contributed by atoms with Gasteiger partial charge in [-0.1, -0.05) is 24.3 Å². The molecule has 142 valence electrons. The Morgan fingerprint density at radius 2 is 2.04 bits per heavy atom. The second kappa shape index (κ2) is 7.69. The van der Waals surface area contributed by atoms with Gasteiger partial charge < -0.3 is 10.6 Å². The van der Waals surface area contributed by atoms with Gasteiger partial charge in [-0.15, -0.1) is 0 Å². The van der Waals surface area contributed by atoms with E-state index in [0.717, 1.165) is 55.8 Å². The summed E-state index contributed by atoms with van der Waals surface area (Å²) in [5, 5.41) is 6.87. The van der Waals surface area contributed by atoms with Crippen molar-refractivity contribution in [2.45, 2.75) is 51.2 Å². The van der Waals surface area contributed by atoms with Crippen molar-refractivity contribution in [1.82, 2.24) is 15.2 Å². The van der Waals surface area contributed by atoms with Gasteiger partial charge in [0.25, 0.3) is 0 Å². The largest absolute Gasteiger partial charge is 0.379 e. The number of pyridine rings is 1. The number of likely N-dealkylation sites (tertiary alicyclic amines) is 1. The fourth-order valence-corrected chi connectivity index (χ4v) is 4.25. The fraction of sp³-hybridized carbons (Fsp3) is 0.455. The van der Waals surface area contributed by atoms with Crippen LogP contribution in [0.3, 0.4) is 0 Å². The van der Waals surface area contributed by atoms with Crippen LogP contribution in [0.5, 0.6) is 0 Å². The van der Waals surface area contributed by atoms with E-state index in [1.807, 2.05) is 19.2 Å². The molecular weight excluding hydrogens is 336 g/mol. The molecule has 1 atom stereocenters. The van der Waals surface area contributed by atoms with Crippen molar-refractivity contribution in [3.63, 3.8) is 0 Å². The monoisotopic (exact) mass is 364 g/mol. The van der Waals surface area contributed by atoms with Gasteiger partial charge in [-0.2, -0.15) is 0 Å². The van der Waals surface area contributed by atoms with Crippen LogP contribution in [0.2, 0.25) is 0 Å². The van der Waals surface area contributed by atoms with Crippen LogP contribution in [0.15, 0.2) is 42.6 Å². The van der Waals surface area contributed by atoms with Gasteiger partial charge in [0.05, 0.1) is 0 Å². The van der Waals surface area contributed by atoms with Crippen LogP contribution in [0.4, 0.5) is 5.69 Å². The molecule has 1 fully saturated rings. The summed E-state index contributed by atoms with van der Waals surface area (Å²) in [6.07, 6.45) is 5.59. The highest BCUT2D eigenvalue weighted by Gasteiger charge is 2.36. The molecule has 2 aliphatic rings. The Labute approximate surface area is 161 Å². The molecule has 0 radical (unpaired) electrons. The lowest BCUT2D eigenvalue weighted by molar-refractivity contribution is -0.122. The number of carbonyl (C=O) groups is 1. The number of para-hydroxylation sites is 1. The summed E-state index contributed by atoms with van der Waals surface area (Å²) in [7, 11) is 0. The summed E-state index contributed by atoms with van der Waals surface area (Å²) in [4.78, 5) is 19.4. The fourth-order valence-electron chi connectivity index (χ4n) is 4.25. The third-order valence-corrected chi connectivity index (χ3v) is 5.81. The number of nitrogens with one attached hydrogen (secondary N) is 2. The molecule has 27 heavy (non-hydrogen) atoms. The smallest absolute Gasteiger partial charge is 0.222 e. The second-order valence-electron chi connectivity index (χ2n) is 7.95. The molecule has 1 amide bonds. The standard InChI is InChI=1S/C22H28N4O/c1-17-7-8-18(14-23-17)16-26-11-4-9-22(10-12-26)13-21(27)24-15-19-5-2-3-6-20(19)25-22/h2-3,5-8,14,25H,4,9-13,15-16H2,1H3,(H,24,27)/t22-/m1/s1. The van der Waals surface area contributed by atoms with Gasteiger partial charge in [-0.25, -0.2) is 0 Å². The molecule has 1 saturated heterocycles. The lowest BCUT2D eigenvalue weighted by Crippen LogP contribution is -2.46. The third kappa shape index (κ3) is 4.30. The summed E-state index contributed by atoms with van der Waals surface area (Å²) >= 11 is 0.